The summed E-state index contributed by atoms with van der Waals surface area (Å²) < 4.78 is 1.91. The van der Waals surface area contributed by atoms with E-state index in [1.807, 2.05) is 47.7 Å². The van der Waals surface area contributed by atoms with Gasteiger partial charge in [-0.2, -0.15) is 5.10 Å². The van der Waals surface area contributed by atoms with Gasteiger partial charge in [-0.1, -0.05) is 12.1 Å². The normalized spacial score (nSPS) is 16.8. The lowest BCUT2D eigenvalue weighted by Crippen LogP contribution is -2.50. The number of aryl methyl sites for hydroxylation is 1. The molecule has 0 atom stereocenters. The van der Waals surface area contributed by atoms with Crippen LogP contribution in [0.5, 0.6) is 0 Å². The SMILES string of the molecule is Cc1cccc(NC(=O)CN2CCN(C(=O)c3cc(C4CC4)nc4c3cnn4C(C)C)CC2)c1C. The van der Waals surface area contributed by atoms with Crippen LogP contribution in [-0.2, 0) is 4.79 Å². The summed E-state index contributed by atoms with van der Waals surface area (Å²) in [5, 5.41) is 8.38. The molecular weight excluding hydrogens is 440 g/mol. The van der Waals surface area contributed by atoms with Crippen molar-refractivity contribution in [2.24, 2.45) is 0 Å². The first-order valence-electron chi connectivity index (χ1n) is 12.6. The fourth-order valence-corrected chi connectivity index (χ4v) is 4.74. The van der Waals surface area contributed by atoms with Gasteiger partial charge in [0.05, 0.1) is 23.7 Å². The number of hydrogen-bond donors (Lipinski definition) is 1. The van der Waals surface area contributed by atoms with Gasteiger partial charge in [-0.15, -0.1) is 0 Å². The number of piperazine rings is 1. The maximum atomic E-state index is 13.6. The molecular formula is C27H34N6O2. The fraction of sp³-hybridized carbons (Fsp3) is 0.481. The van der Waals surface area contributed by atoms with Gasteiger partial charge in [-0.25, -0.2) is 9.67 Å². The van der Waals surface area contributed by atoms with Crippen LogP contribution < -0.4 is 5.32 Å². The molecule has 1 aromatic carbocycles. The summed E-state index contributed by atoms with van der Waals surface area (Å²) in [5.74, 6) is 0.459. The topological polar surface area (TPSA) is 83.4 Å². The number of rotatable bonds is 6. The Morgan fingerprint density at radius 1 is 1.11 bits per heavy atom. The molecule has 1 saturated carbocycles. The molecule has 2 aliphatic rings. The molecule has 2 amide bonds. The number of carbonyl (C=O) groups excluding carboxylic acids is 2. The Morgan fingerprint density at radius 3 is 2.54 bits per heavy atom. The Labute approximate surface area is 206 Å². The van der Waals surface area contributed by atoms with Gasteiger partial charge >= 0.3 is 0 Å². The molecule has 1 saturated heterocycles. The van der Waals surface area contributed by atoms with Crippen LogP contribution in [0, 0.1) is 13.8 Å². The summed E-state index contributed by atoms with van der Waals surface area (Å²) in [5.41, 5.74) is 5.61. The van der Waals surface area contributed by atoms with Crippen molar-refractivity contribution >= 4 is 28.5 Å². The second kappa shape index (κ2) is 9.41. The number of benzene rings is 1. The van der Waals surface area contributed by atoms with E-state index in [0.29, 0.717) is 44.2 Å². The molecule has 2 fully saturated rings. The number of anilines is 1. The van der Waals surface area contributed by atoms with E-state index in [-0.39, 0.29) is 17.9 Å². The van der Waals surface area contributed by atoms with Crippen LogP contribution in [0.3, 0.4) is 0 Å². The molecule has 1 aliphatic heterocycles. The summed E-state index contributed by atoms with van der Waals surface area (Å²) in [4.78, 5) is 35.1. The summed E-state index contributed by atoms with van der Waals surface area (Å²) in [7, 11) is 0. The minimum Gasteiger partial charge on any atom is -0.336 e. The Balaban J connectivity index is 1.25. The summed E-state index contributed by atoms with van der Waals surface area (Å²) in [6, 6.07) is 8.09. The first-order chi connectivity index (χ1) is 16.8. The molecule has 1 N–H and O–H groups in total. The van der Waals surface area contributed by atoms with Gasteiger partial charge in [-0.3, -0.25) is 14.5 Å². The lowest BCUT2D eigenvalue weighted by molar-refractivity contribution is -0.117. The zero-order chi connectivity index (χ0) is 24.7. The molecule has 8 nitrogen and oxygen atoms in total. The van der Waals surface area contributed by atoms with Crippen molar-refractivity contribution in [1.29, 1.82) is 0 Å². The molecule has 3 heterocycles. The first-order valence-corrected chi connectivity index (χ1v) is 12.6. The Bertz CT molecular complexity index is 1270. The molecule has 35 heavy (non-hydrogen) atoms. The smallest absolute Gasteiger partial charge is 0.254 e. The number of hydrogen-bond acceptors (Lipinski definition) is 5. The van der Waals surface area contributed by atoms with Gasteiger partial charge in [0.1, 0.15) is 0 Å². The summed E-state index contributed by atoms with van der Waals surface area (Å²) in [6.45, 7) is 11.1. The molecule has 8 heteroatoms. The molecule has 184 valence electrons. The van der Waals surface area contributed by atoms with Crippen LogP contribution in [0.1, 0.15) is 65.8 Å². The van der Waals surface area contributed by atoms with Crippen molar-refractivity contribution in [3.63, 3.8) is 0 Å². The minimum absolute atomic E-state index is 0.0236. The molecule has 0 spiro atoms. The van der Waals surface area contributed by atoms with Crippen molar-refractivity contribution in [1.82, 2.24) is 24.6 Å². The quantitative estimate of drug-likeness (QED) is 0.586. The van der Waals surface area contributed by atoms with Crippen LogP contribution in [-0.4, -0.2) is 69.1 Å². The number of nitrogens with one attached hydrogen (secondary N) is 1. The highest BCUT2D eigenvalue weighted by atomic mass is 16.2. The molecule has 0 bridgehead atoms. The van der Waals surface area contributed by atoms with E-state index < -0.39 is 0 Å². The van der Waals surface area contributed by atoms with E-state index in [1.165, 1.54) is 0 Å². The molecule has 3 aromatic rings. The van der Waals surface area contributed by atoms with E-state index in [4.69, 9.17) is 4.98 Å². The van der Waals surface area contributed by atoms with Crippen LogP contribution in [0.4, 0.5) is 5.69 Å². The maximum Gasteiger partial charge on any atom is 0.254 e. The Morgan fingerprint density at radius 2 is 1.86 bits per heavy atom. The van der Waals surface area contributed by atoms with E-state index in [9.17, 15) is 9.59 Å². The van der Waals surface area contributed by atoms with Gasteiger partial charge in [0, 0.05) is 49.5 Å². The second-order valence-corrected chi connectivity index (χ2v) is 10.2. The van der Waals surface area contributed by atoms with Gasteiger partial charge in [0.25, 0.3) is 5.91 Å². The van der Waals surface area contributed by atoms with E-state index in [0.717, 1.165) is 46.4 Å². The number of pyridine rings is 1. The van der Waals surface area contributed by atoms with Crippen molar-refractivity contribution in [2.75, 3.05) is 38.0 Å². The van der Waals surface area contributed by atoms with Crippen LogP contribution in [0.2, 0.25) is 0 Å². The first kappa shape index (κ1) is 23.5. The summed E-state index contributed by atoms with van der Waals surface area (Å²) in [6.07, 6.45) is 4.04. The van der Waals surface area contributed by atoms with Gasteiger partial charge in [0.2, 0.25) is 5.91 Å². The highest BCUT2D eigenvalue weighted by molar-refractivity contribution is 6.05. The number of amides is 2. The minimum atomic E-state index is -0.0236. The predicted octanol–water partition coefficient (Wildman–Crippen LogP) is 3.90. The van der Waals surface area contributed by atoms with Crippen molar-refractivity contribution in [3.8, 4) is 0 Å². The van der Waals surface area contributed by atoms with Crippen molar-refractivity contribution in [3.05, 3.63) is 52.8 Å². The maximum absolute atomic E-state index is 13.6. The third kappa shape index (κ3) is 4.80. The number of aromatic nitrogens is 3. The predicted molar refractivity (Wildman–Crippen MR) is 137 cm³/mol. The monoisotopic (exact) mass is 474 g/mol. The number of fused-ring (bicyclic) bond motifs is 1. The number of nitrogens with zero attached hydrogens (tertiary/aromatic N) is 5. The lowest BCUT2D eigenvalue weighted by Gasteiger charge is -2.34. The van der Waals surface area contributed by atoms with Gasteiger partial charge in [0.15, 0.2) is 5.65 Å². The molecule has 2 aromatic heterocycles. The van der Waals surface area contributed by atoms with E-state index in [1.54, 1.807) is 6.20 Å². The molecule has 0 unspecified atom stereocenters. The number of carbonyl (C=O) groups is 2. The van der Waals surface area contributed by atoms with E-state index in [2.05, 4.69) is 29.2 Å². The third-order valence-electron chi connectivity index (χ3n) is 7.21. The zero-order valence-electron chi connectivity index (χ0n) is 21.0. The highest BCUT2D eigenvalue weighted by Crippen LogP contribution is 2.40. The van der Waals surface area contributed by atoms with Gasteiger partial charge in [-0.05, 0) is 63.8 Å². The van der Waals surface area contributed by atoms with Gasteiger partial charge < -0.3 is 10.2 Å². The van der Waals surface area contributed by atoms with Crippen LogP contribution in [0.25, 0.3) is 11.0 Å². The average molecular weight is 475 g/mol. The largest absolute Gasteiger partial charge is 0.336 e. The lowest BCUT2D eigenvalue weighted by atomic mass is 10.1. The molecule has 5 rings (SSSR count). The van der Waals surface area contributed by atoms with Crippen LogP contribution in [0.15, 0.2) is 30.5 Å². The summed E-state index contributed by atoms with van der Waals surface area (Å²) >= 11 is 0. The fourth-order valence-electron chi connectivity index (χ4n) is 4.74. The molecule has 1 aliphatic carbocycles. The Hall–Kier alpha value is -3.26. The Kier molecular flexibility index (Phi) is 6.32. The third-order valence-corrected chi connectivity index (χ3v) is 7.21. The standard InChI is InChI=1S/C27H34N6O2/c1-17(2)33-26-22(15-28-33)21(14-24(30-26)20-8-9-20)27(35)32-12-10-31(11-13-32)16-25(34)29-23-7-5-6-18(3)19(23)4/h5-7,14-15,17,20H,8-13,16H2,1-4H3,(H,29,34). The van der Waals surface area contributed by atoms with Crippen molar-refractivity contribution in [2.45, 2.75) is 52.5 Å². The van der Waals surface area contributed by atoms with Crippen LogP contribution >= 0.6 is 0 Å². The van der Waals surface area contributed by atoms with Crippen molar-refractivity contribution < 1.29 is 9.59 Å². The zero-order valence-corrected chi connectivity index (χ0v) is 21.0. The second-order valence-electron chi connectivity index (χ2n) is 10.2. The molecule has 0 radical (unpaired) electrons. The van der Waals surface area contributed by atoms with E-state index >= 15 is 0 Å². The average Bonchev–Trinajstić information content (AvgIpc) is 3.60. The highest BCUT2D eigenvalue weighted by Gasteiger charge is 2.30.